The van der Waals surface area contributed by atoms with Crippen molar-refractivity contribution in [2.75, 3.05) is 79.0 Å². The molecule has 0 bridgehead atoms. The van der Waals surface area contributed by atoms with Crippen LogP contribution in [0.25, 0.3) is 0 Å². The van der Waals surface area contributed by atoms with Crippen LogP contribution in [0.3, 0.4) is 0 Å². The van der Waals surface area contributed by atoms with Gasteiger partial charge in [0.2, 0.25) is 0 Å². The molecule has 1 radical (unpaired) electrons. The monoisotopic (exact) mass is 261 g/mol. The number of aliphatic hydroxyl groups excluding tert-OH is 1. The largest absolute Gasteiger partial charge is 0.394 e. The van der Waals surface area contributed by atoms with E-state index in [2.05, 4.69) is 10.2 Å². The van der Waals surface area contributed by atoms with Crippen molar-refractivity contribution in [2.45, 2.75) is 0 Å². The lowest BCUT2D eigenvalue weighted by atomic mass is 10.4. The quantitative estimate of drug-likeness (QED) is 0.481. The van der Waals surface area contributed by atoms with Crippen LogP contribution in [-0.4, -0.2) is 89.0 Å². The van der Waals surface area contributed by atoms with E-state index in [9.17, 15) is 0 Å². The van der Waals surface area contributed by atoms with Crippen LogP contribution in [0.2, 0.25) is 0 Å². The smallest absolute Gasteiger partial charge is 0.0701 e. The van der Waals surface area contributed by atoms with Gasteiger partial charge in [0.05, 0.1) is 46.2 Å². The van der Waals surface area contributed by atoms with E-state index in [4.69, 9.17) is 19.3 Å². The molecule has 1 aliphatic heterocycles. The topological polar surface area (TPSA) is 65.3 Å². The molecule has 1 N–H and O–H groups in total. The summed E-state index contributed by atoms with van der Waals surface area (Å²) >= 11 is 0. The molecule has 0 saturated carbocycles. The van der Waals surface area contributed by atoms with E-state index in [0.29, 0.717) is 33.0 Å². The van der Waals surface area contributed by atoms with Crippen molar-refractivity contribution in [3.8, 4) is 0 Å². The van der Waals surface area contributed by atoms with Gasteiger partial charge in [-0.15, -0.1) is 0 Å². The highest BCUT2D eigenvalue weighted by Gasteiger charge is 2.08. The zero-order valence-corrected chi connectivity index (χ0v) is 11.1. The predicted molar refractivity (Wildman–Crippen MR) is 67.9 cm³/mol. The number of piperazine rings is 1. The molecule has 0 aromatic rings. The molecule has 6 heteroatoms. The summed E-state index contributed by atoms with van der Waals surface area (Å²) in [6.07, 6.45) is 0. The van der Waals surface area contributed by atoms with Crippen molar-refractivity contribution in [3.05, 3.63) is 0 Å². The van der Waals surface area contributed by atoms with E-state index in [1.54, 1.807) is 0 Å². The molecule has 0 aromatic carbocycles. The molecular weight excluding hydrogens is 236 g/mol. The normalized spacial score (nSPS) is 17.2. The number of nitrogens with zero attached hydrogens (tertiary/aromatic N) is 2. The van der Waals surface area contributed by atoms with E-state index in [1.165, 1.54) is 0 Å². The molecular formula is C12H25N2O4. The molecule has 0 spiro atoms. The second-order valence-corrected chi connectivity index (χ2v) is 4.07. The third-order valence-corrected chi connectivity index (χ3v) is 2.68. The minimum absolute atomic E-state index is 0.0624. The van der Waals surface area contributed by atoms with Crippen LogP contribution in [-0.2, 0) is 14.2 Å². The molecule has 0 amide bonds. The van der Waals surface area contributed by atoms with Crippen molar-refractivity contribution >= 4 is 0 Å². The Balaban J connectivity index is 1.73. The van der Waals surface area contributed by atoms with Crippen molar-refractivity contribution in [3.63, 3.8) is 0 Å². The maximum atomic E-state index is 8.48. The van der Waals surface area contributed by atoms with Gasteiger partial charge < -0.3 is 19.3 Å². The second kappa shape index (κ2) is 11.8. The number of rotatable bonds is 11. The van der Waals surface area contributed by atoms with E-state index in [1.807, 2.05) is 0 Å². The van der Waals surface area contributed by atoms with Gasteiger partial charge in [0, 0.05) is 32.7 Å². The van der Waals surface area contributed by atoms with Gasteiger partial charge in [0.15, 0.2) is 0 Å². The van der Waals surface area contributed by atoms with Crippen LogP contribution in [0.4, 0.5) is 0 Å². The van der Waals surface area contributed by atoms with Crippen molar-refractivity contribution in [1.29, 1.82) is 0 Å². The summed E-state index contributed by atoms with van der Waals surface area (Å²) in [4.78, 5) is 2.37. The molecule has 1 aliphatic rings. The number of aliphatic hydroxyl groups is 1. The fourth-order valence-corrected chi connectivity index (χ4v) is 1.67. The Kier molecular flexibility index (Phi) is 10.4. The van der Waals surface area contributed by atoms with E-state index in [0.717, 1.165) is 39.3 Å². The first kappa shape index (κ1) is 15.8. The summed E-state index contributed by atoms with van der Waals surface area (Å²) in [7, 11) is 0. The van der Waals surface area contributed by atoms with Crippen LogP contribution < -0.4 is 5.32 Å². The lowest BCUT2D eigenvalue weighted by Crippen LogP contribution is -2.41. The SMILES string of the molecule is OCCOCCOCCOCCN1CC[N]CC1. The van der Waals surface area contributed by atoms with E-state index >= 15 is 0 Å². The van der Waals surface area contributed by atoms with Gasteiger partial charge in [0.1, 0.15) is 0 Å². The first-order chi connectivity index (χ1) is 8.93. The first-order valence-corrected chi connectivity index (χ1v) is 6.63. The highest BCUT2D eigenvalue weighted by atomic mass is 16.5. The molecule has 0 aromatic heterocycles. The maximum absolute atomic E-state index is 8.48. The molecule has 1 fully saturated rings. The molecule has 1 rings (SSSR count). The van der Waals surface area contributed by atoms with Crippen LogP contribution in [0, 0.1) is 0 Å². The Bertz CT molecular complexity index is 177. The third kappa shape index (κ3) is 8.79. The van der Waals surface area contributed by atoms with Crippen molar-refractivity contribution < 1.29 is 19.3 Å². The van der Waals surface area contributed by atoms with Gasteiger partial charge in [-0.2, -0.15) is 0 Å². The number of hydrogen-bond acceptors (Lipinski definition) is 5. The summed E-state index contributed by atoms with van der Waals surface area (Å²) in [5.41, 5.74) is 0. The average Bonchev–Trinajstić information content (AvgIpc) is 2.42. The van der Waals surface area contributed by atoms with Crippen LogP contribution in [0.5, 0.6) is 0 Å². The Morgan fingerprint density at radius 2 is 1.39 bits per heavy atom. The summed E-state index contributed by atoms with van der Waals surface area (Å²) in [5, 5.41) is 12.8. The molecule has 1 heterocycles. The fourth-order valence-electron chi connectivity index (χ4n) is 1.67. The molecule has 107 valence electrons. The van der Waals surface area contributed by atoms with Crippen LogP contribution >= 0.6 is 0 Å². The lowest BCUT2D eigenvalue weighted by Gasteiger charge is -2.25. The van der Waals surface area contributed by atoms with Gasteiger partial charge in [-0.05, 0) is 0 Å². The molecule has 18 heavy (non-hydrogen) atoms. The number of hydrogen-bond donors (Lipinski definition) is 1. The summed E-state index contributed by atoms with van der Waals surface area (Å²) in [5.74, 6) is 0. The minimum atomic E-state index is 0.0624. The third-order valence-electron chi connectivity index (χ3n) is 2.68. The Morgan fingerprint density at radius 1 is 0.833 bits per heavy atom. The molecule has 0 unspecified atom stereocenters. The van der Waals surface area contributed by atoms with Crippen LogP contribution in [0.15, 0.2) is 0 Å². The highest BCUT2D eigenvalue weighted by molar-refractivity contribution is 4.66. The predicted octanol–water partition coefficient (Wildman–Crippen LogP) is -1.05. The zero-order chi connectivity index (χ0) is 12.9. The van der Waals surface area contributed by atoms with Gasteiger partial charge in [-0.3, -0.25) is 4.90 Å². The Morgan fingerprint density at radius 3 is 2.00 bits per heavy atom. The minimum Gasteiger partial charge on any atom is -0.394 e. The molecule has 1 saturated heterocycles. The standard InChI is InChI=1S/C12H25N2O4/c15-6-8-17-10-12-18-11-9-16-7-5-14-3-1-13-2-4-14/h15H,1-12H2. The van der Waals surface area contributed by atoms with Gasteiger partial charge in [-0.1, -0.05) is 0 Å². The average molecular weight is 261 g/mol. The molecule has 0 atom stereocenters. The summed E-state index contributed by atoms with van der Waals surface area (Å²) < 4.78 is 15.9. The summed E-state index contributed by atoms with van der Waals surface area (Å²) in [6, 6.07) is 0. The lowest BCUT2D eigenvalue weighted by molar-refractivity contribution is 0.00421. The first-order valence-electron chi connectivity index (χ1n) is 6.63. The fraction of sp³-hybridized carbons (Fsp3) is 1.00. The number of ether oxygens (including phenoxy) is 3. The highest BCUT2D eigenvalue weighted by Crippen LogP contribution is 1.92. The molecule has 6 nitrogen and oxygen atoms in total. The molecule has 0 aliphatic carbocycles. The van der Waals surface area contributed by atoms with Crippen molar-refractivity contribution in [1.82, 2.24) is 10.2 Å². The maximum Gasteiger partial charge on any atom is 0.0701 e. The van der Waals surface area contributed by atoms with Gasteiger partial charge >= 0.3 is 0 Å². The second-order valence-electron chi connectivity index (χ2n) is 4.07. The van der Waals surface area contributed by atoms with E-state index in [-0.39, 0.29) is 6.61 Å². The Hall–Kier alpha value is -0.240. The van der Waals surface area contributed by atoms with Gasteiger partial charge in [-0.25, -0.2) is 5.32 Å². The van der Waals surface area contributed by atoms with E-state index < -0.39 is 0 Å². The summed E-state index contributed by atoms with van der Waals surface area (Å²) in [6.45, 7) is 8.50. The van der Waals surface area contributed by atoms with Crippen LogP contribution in [0.1, 0.15) is 0 Å². The zero-order valence-electron chi connectivity index (χ0n) is 11.1. The van der Waals surface area contributed by atoms with Crippen molar-refractivity contribution in [2.24, 2.45) is 0 Å². The van der Waals surface area contributed by atoms with Gasteiger partial charge in [0.25, 0.3) is 0 Å². The Labute approximate surface area is 109 Å².